The Balaban J connectivity index is 3.91. The molecule has 0 amide bonds. The quantitative estimate of drug-likeness (QED) is 0.635. The fraction of sp³-hybridized carbons (Fsp3) is 1.00. The van der Waals surface area contributed by atoms with Crippen LogP contribution in [0.3, 0.4) is 0 Å². The number of hydrogen-bond donors (Lipinski definition) is 1. The summed E-state index contributed by atoms with van der Waals surface area (Å²) in [6, 6.07) is 0. The van der Waals surface area contributed by atoms with Crippen LogP contribution in [0.2, 0.25) is 0 Å². The van der Waals surface area contributed by atoms with Crippen molar-refractivity contribution in [1.29, 1.82) is 0 Å². The van der Waals surface area contributed by atoms with Gasteiger partial charge >= 0.3 is 0 Å². The third-order valence-corrected chi connectivity index (χ3v) is 1.86. The lowest BCUT2D eigenvalue weighted by Crippen LogP contribution is -2.37. The van der Waals surface area contributed by atoms with Crippen LogP contribution in [0.1, 0.15) is 27.2 Å². The van der Waals surface area contributed by atoms with Gasteiger partial charge in [0.2, 0.25) is 0 Å². The van der Waals surface area contributed by atoms with E-state index >= 15 is 0 Å². The number of rotatable bonds is 7. The van der Waals surface area contributed by atoms with Crippen LogP contribution in [0.25, 0.3) is 0 Å². The molecule has 0 aliphatic rings. The average Bonchev–Trinajstić information content (AvgIpc) is 2.11. The maximum Gasteiger partial charge on any atom is 0.159 e. The van der Waals surface area contributed by atoms with Gasteiger partial charge in [-0.15, -0.1) is 0 Å². The van der Waals surface area contributed by atoms with E-state index in [9.17, 15) is 5.11 Å². The second-order valence-electron chi connectivity index (χ2n) is 3.96. The number of methoxy groups -OCH3 is 2. The van der Waals surface area contributed by atoms with Crippen LogP contribution >= 0.6 is 0 Å². The Morgan fingerprint density at radius 2 is 1.71 bits per heavy atom. The monoisotopic (exact) mass is 206 g/mol. The first-order valence-corrected chi connectivity index (χ1v) is 4.81. The highest BCUT2D eigenvalue weighted by Gasteiger charge is 2.26. The van der Waals surface area contributed by atoms with E-state index in [1.54, 1.807) is 21.1 Å². The zero-order valence-electron chi connectivity index (χ0n) is 9.74. The molecule has 4 nitrogen and oxygen atoms in total. The molecule has 1 unspecified atom stereocenters. The van der Waals surface area contributed by atoms with Crippen LogP contribution in [-0.2, 0) is 14.2 Å². The van der Waals surface area contributed by atoms with Crippen molar-refractivity contribution in [2.45, 2.75) is 45.2 Å². The summed E-state index contributed by atoms with van der Waals surface area (Å²) in [4.78, 5) is 0. The predicted octanol–water partition coefficient (Wildman–Crippen LogP) is 1.17. The van der Waals surface area contributed by atoms with Crippen LogP contribution in [0.15, 0.2) is 0 Å². The molecule has 0 heterocycles. The number of ether oxygens (including phenoxy) is 3. The van der Waals surface area contributed by atoms with Gasteiger partial charge in [0.15, 0.2) is 6.29 Å². The zero-order chi connectivity index (χ0) is 11.2. The molecule has 0 aromatic carbocycles. The van der Waals surface area contributed by atoms with Crippen molar-refractivity contribution in [3.05, 3.63) is 0 Å². The molecular formula is C10H22O4. The van der Waals surface area contributed by atoms with Crippen molar-refractivity contribution in [3.63, 3.8) is 0 Å². The lowest BCUT2D eigenvalue weighted by molar-refractivity contribution is -0.155. The fourth-order valence-electron chi connectivity index (χ4n) is 1.03. The lowest BCUT2D eigenvalue weighted by atomic mass is 10.0. The first-order chi connectivity index (χ1) is 6.41. The third-order valence-electron chi connectivity index (χ3n) is 1.86. The molecule has 0 spiro atoms. The molecule has 0 rings (SSSR count). The Hall–Kier alpha value is -0.160. The summed E-state index contributed by atoms with van der Waals surface area (Å²) in [6.45, 7) is 5.86. The van der Waals surface area contributed by atoms with Gasteiger partial charge in [-0.25, -0.2) is 0 Å². The smallest absolute Gasteiger partial charge is 0.159 e. The molecule has 86 valence electrons. The molecule has 0 radical (unpaired) electrons. The summed E-state index contributed by atoms with van der Waals surface area (Å²) in [5.41, 5.74) is -0.916. The zero-order valence-corrected chi connectivity index (χ0v) is 9.74. The van der Waals surface area contributed by atoms with E-state index in [2.05, 4.69) is 0 Å². The molecule has 1 atom stereocenters. The van der Waals surface area contributed by atoms with E-state index in [4.69, 9.17) is 14.2 Å². The summed E-state index contributed by atoms with van der Waals surface area (Å²) in [5, 5.41) is 9.91. The first kappa shape index (κ1) is 13.8. The largest absolute Gasteiger partial charge is 0.388 e. The molecule has 0 aromatic heterocycles. The second-order valence-corrected chi connectivity index (χ2v) is 3.96. The topological polar surface area (TPSA) is 47.9 Å². The van der Waals surface area contributed by atoms with Crippen LogP contribution < -0.4 is 0 Å². The lowest BCUT2D eigenvalue weighted by Gasteiger charge is -2.27. The highest BCUT2D eigenvalue weighted by molar-refractivity contribution is 4.73. The van der Waals surface area contributed by atoms with Gasteiger partial charge in [0, 0.05) is 20.6 Å². The number of hydrogen-bond acceptors (Lipinski definition) is 4. The van der Waals surface area contributed by atoms with Crippen molar-refractivity contribution in [2.75, 3.05) is 20.8 Å². The summed E-state index contributed by atoms with van der Waals surface area (Å²) in [6.07, 6.45) is 0.123. The molecule has 0 saturated carbocycles. The standard InChI is InChI=1S/C10H22O4/c1-8(2)14-7-10(3,11)6-9(12-4)13-5/h8-9,11H,6-7H2,1-5H3. The Kier molecular flexibility index (Phi) is 6.27. The van der Waals surface area contributed by atoms with Crippen molar-refractivity contribution < 1.29 is 19.3 Å². The van der Waals surface area contributed by atoms with E-state index in [1.165, 1.54) is 0 Å². The van der Waals surface area contributed by atoms with Gasteiger partial charge in [-0.1, -0.05) is 0 Å². The fourth-order valence-corrected chi connectivity index (χ4v) is 1.03. The highest BCUT2D eigenvalue weighted by atomic mass is 16.7. The minimum Gasteiger partial charge on any atom is -0.388 e. The molecule has 1 N–H and O–H groups in total. The summed E-state index contributed by atoms with van der Waals surface area (Å²) >= 11 is 0. The van der Waals surface area contributed by atoms with Crippen molar-refractivity contribution in [1.82, 2.24) is 0 Å². The van der Waals surface area contributed by atoms with Gasteiger partial charge < -0.3 is 19.3 Å². The van der Waals surface area contributed by atoms with Crippen molar-refractivity contribution in [2.24, 2.45) is 0 Å². The second kappa shape index (κ2) is 6.35. The van der Waals surface area contributed by atoms with E-state index in [0.29, 0.717) is 6.42 Å². The predicted molar refractivity (Wildman–Crippen MR) is 54.1 cm³/mol. The van der Waals surface area contributed by atoms with Crippen molar-refractivity contribution in [3.8, 4) is 0 Å². The maximum atomic E-state index is 9.91. The average molecular weight is 206 g/mol. The van der Waals surface area contributed by atoms with E-state index in [-0.39, 0.29) is 19.0 Å². The summed E-state index contributed by atoms with van der Waals surface area (Å²) < 4.78 is 15.3. The van der Waals surface area contributed by atoms with E-state index in [0.717, 1.165) is 0 Å². The summed E-state index contributed by atoms with van der Waals surface area (Å²) in [7, 11) is 3.10. The molecule has 0 bridgehead atoms. The molecule has 4 heteroatoms. The first-order valence-electron chi connectivity index (χ1n) is 4.81. The van der Waals surface area contributed by atoms with Gasteiger partial charge in [0.25, 0.3) is 0 Å². The molecule has 0 aliphatic carbocycles. The van der Waals surface area contributed by atoms with Crippen molar-refractivity contribution >= 4 is 0 Å². The van der Waals surface area contributed by atoms with Gasteiger partial charge in [0.05, 0.1) is 18.3 Å². The third kappa shape index (κ3) is 6.32. The summed E-state index contributed by atoms with van der Waals surface area (Å²) in [5.74, 6) is 0. The van der Waals surface area contributed by atoms with E-state index in [1.807, 2.05) is 13.8 Å². The van der Waals surface area contributed by atoms with Gasteiger partial charge in [0.1, 0.15) is 0 Å². The normalized spacial score (nSPS) is 16.3. The molecule has 0 aliphatic heterocycles. The van der Waals surface area contributed by atoms with Crippen LogP contribution in [0.5, 0.6) is 0 Å². The molecular weight excluding hydrogens is 184 g/mol. The SMILES string of the molecule is COC(CC(C)(O)COC(C)C)OC. The molecule has 0 fully saturated rings. The van der Waals surface area contributed by atoms with Gasteiger partial charge in [-0.2, -0.15) is 0 Å². The minimum atomic E-state index is -0.916. The van der Waals surface area contributed by atoms with Gasteiger partial charge in [-0.05, 0) is 20.8 Å². The maximum absolute atomic E-state index is 9.91. The van der Waals surface area contributed by atoms with Crippen LogP contribution in [0.4, 0.5) is 0 Å². The minimum absolute atomic E-state index is 0.116. The Morgan fingerprint density at radius 1 is 1.21 bits per heavy atom. The Bertz CT molecular complexity index is 141. The van der Waals surface area contributed by atoms with Crippen LogP contribution in [-0.4, -0.2) is 43.9 Å². The number of aliphatic hydroxyl groups is 1. The van der Waals surface area contributed by atoms with E-state index < -0.39 is 5.60 Å². The Labute approximate surface area is 86.2 Å². The molecule has 0 saturated heterocycles. The van der Waals surface area contributed by atoms with Gasteiger partial charge in [-0.3, -0.25) is 0 Å². The molecule has 14 heavy (non-hydrogen) atoms. The Morgan fingerprint density at radius 3 is 2.07 bits per heavy atom. The van der Waals surface area contributed by atoms with Crippen LogP contribution in [0, 0.1) is 0 Å². The molecule has 0 aromatic rings. The highest BCUT2D eigenvalue weighted by Crippen LogP contribution is 2.15.